The molecule has 0 spiro atoms. The molecule has 5 rings (SSSR count). The molecule has 0 atom stereocenters. The van der Waals surface area contributed by atoms with E-state index in [1.165, 1.54) is 0 Å². The first kappa shape index (κ1) is 22.3. The van der Waals surface area contributed by atoms with Gasteiger partial charge in [0.15, 0.2) is 0 Å². The van der Waals surface area contributed by atoms with E-state index in [1.54, 1.807) is 23.9 Å². The lowest BCUT2D eigenvalue weighted by Crippen LogP contribution is -2.40. The minimum Gasteiger partial charge on any atom is -0.380 e. The molecule has 1 N–H and O–H groups in total. The van der Waals surface area contributed by atoms with E-state index in [9.17, 15) is 9.59 Å². The number of carbonyl (C=O) groups is 1. The third kappa shape index (κ3) is 4.47. The standard InChI is InChI=1S/C26H28N4O4/c1-17-3-4-21(28-25(31)18-5-6-27-23(11-18)20-15-34-16-20)13-22(17)19-12-24(26(32)29(2)14-19)30-7-9-33-10-8-30/h3-6,11-14,20H,7-10,15-16H2,1-2H3,(H,28,31). The zero-order chi connectivity index (χ0) is 23.7. The first-order chi connectivity index (χ1) is 16.5. The molecule has 34 heavy (non-hydrogen) atoms. The summed E-state index contributed by atoms with van der Waals surface area (Å²) >= 11 is 0. The maximum absolute atomic E-state index is 13.0. The fourth-order valence-corrected chi connectivity index (χ4v) is 4.31. The van der Waals surface area contributed by atoms with Crippen molar-refractivity contribution in [3.05, 3.63) is 76.0 Å². The minimum absolute atomic E-state index is 0.0295. The van der Waals surface area contributed by atoms with Gasteiger partial charge >= 0.3 is 0 Å². The minimum atomic E-state index is -0.187. The molecule has 2 aromatic heterocycles. The topological polar surface area (TPSA) is 85.7 Å². The highest BCUT2D eigenvalue weighted by Gasteiger charge is 2.23. The number of benzene rings is 1. The number of carbonyl (C=O) groups excluding carboxylic acids is 1. The molecule has 0 bridgehead atoms. The molecule has 2 fully saturated rings. The van der Waals surface area contributed by atoms with Crippen LogP contribution in [0.5, 0.6) is 0 Å². The number of hydrogen-bond donors (Lipinski definition) is 1. The number of aryl methyl sites for hydroxylation is 2. The van der Waals surface area contributed by atoms with Gasteiger partial charge in [-0.2, -0.15) is 0 Å². The van der Waals surface area contributed by atoms with E-state index in [4.69, 9.17) is 9.47 Å². The van der Waals surface area contributed by atoms with E-state index in [1.807, 2.05) is 43.5 Å². The van der Waals surface area contributed by atoms with Gasteiger partial charge < -0.3 is 24.3 Å². The van der Waals surface area contributed by atoms with Crippen LogP contribution >= 0.6 is 0 Å². The van der Waals surface area contributed by atoms with Crippen LogP contribution in [0, 0.1) is 6.92 Å². The van der Waals surface area contributed by atoms with Crippen molar-refractivity contribution < 1.29 is 14.3 Å². The number of nitrogens with one attached hydrogen (secondary N) is 1. The van der Waals surface area contributed by atoms with Crippen molar-refractivity contribution in [2.75, 3.05) is 49.7 Å². The number of pyridine rings is 2. The fraction of sp³-hybridized carbons (Fsp3) is 0.346. The lowest BCUT2D eigenvalue weighted by Gasteiger charge is -2.29. The molecule has 176 valence electrons. The highest BCUT2D eigenvalue weighted by molar-refractivity contribution is 6.04. The molecule has 0 saturated carbocycles. The smallest absolute Gasteiger partial charge is 0.273 e. The quantitative estimate of drug-likeness (QED) is 0.630. The molecule has 4 heterocycles. The molecular formula is C26H28N4O4. The van der Waals surface area contributed by atoms with E-state index >= 15 is 0 Å². The van der Waals surface area contributed by atoms with Crippen LogP contribution in [0.25, 0.3) is 11.1 Å². The summed E-state index contributed by atoms with van der Waals surface area (Å²) in [5.74, 6) is 0.0669. The van der Waals surface area contributed by atoms with Crippen LogP contribution in [0.4, 0.5) is 11.4 Å². The molecule has 0 radical (unpaired) electrons. The van der Waals surface area contributed by atoms with Gasteiger partial charge in [0.25, 0.3) is 11.5 Å². The highest BCUT2D eigenvalue weighted by Crippen LogP contribution is 2.29. The second kappa shape index (κ2) is 9.40. The average Bonchev–Trinajstić information content (AvgIpc) is 2.81. The fourth-order valence-electron chi connectivity index (χ4n) is 4.31. The molecule has 8 heteroatoms. The lowest BCUT2D eigenvalue weighted by atomic mass is 10.00. The second-order valence-corrected chi connectivity index (χ2v) is 8.82. The van der Waals surface area contributed by atoms with Crippen molar-refractivity contribution in [1.29, 1.82) is 0 Å². The third-order valence-corrected chi connectivity index (χ3v) is 6.42. The number of hydrogen-bond acceptors (Lipinski definition) is 6. The molecule has 1 amide bonds. The van der Waals surface area contributed by atoms with E-state index < -0.39 is 0 Å². The van der Waals surface area contributed by atoms with Crippen LogP contribution < -0.4 is 15.8 Å². The van der Waals surface area contributed by atoms with Gasteiger partial charge in [-0.05, 0) is 48.4 Å². The molecule has 1 aromatic carbocycles. The Kier molecular flexibility index (Phi) is 6.17. The zero-order valence-corrected chi connectivity index (χ0v) is 19.4. The normalized spacial score (nSPS) is 16.2. The predicted molar refractivity (Wildman–Crippen MR) is 131 cm³/mol. The summed E-state index contributed by atoms with van der Waals surface area (Å²) in [7, 11) is 1.77. The Morgan fingerprint density at radius 3 is 2.62 bits per heavy atom. The van der Waals surface area contributed by atoms with Gasteiger partial charge in [0, 0.05) is 61.0 Å². The number of ether oxygens (including phenoxy) is 2. The van der Waals surface area contributed by atoms with E-state index in [2.05, 4.69) is 15.2 Å². The zero-order valence-electron chi connectivity index (χ0n) is 19.4. The number of rotatable bonds is 5. The number of anilines is 2. The monoisotopic (exact) mass is 460 g/mol. The van der Waals surface area contributed by atoms with E-state index in [0.717, 1.165) is 22.4 Å². The Labute approximate surface area is 198 Å². The van der Waals surface area contributed by atoms with E-state index in [-0.39, 0.29) is 17.4 Å². The van der Waals surface area contributed by atoms with Crippen molar-refractivity contribution >= 4 is 17.3 Å². The van der Waals surface area contributed by atoms with Gasteiger partial charge in [0.1, 0.15) is 5.69 Å². The summed E-state index contributed by atoms with van der Waals surface area (Å²) < 4.78 is 12.3. The van der Waals surface area contributed by atoms with Gasteiger partial charge in [0.2, 0.25) is 0 Å². The molecular weight excluding hydrogens is 432 g/mol. The number of nitrogens with zero attached hydrogens (tertiary/aromatic N) is 3. The van der Waals surface area contributed by atoms with Crippen molar-refractivity contribution in [1.82, 2.24) is 9.55 Å². The van der Waals surface area contributed by atoms with Gasteiger partial charge in [-0.15, -0.1) is 0 Å². The summed E-state index contributed by atoms with van der Waals surface area (Å²) in [5.41, 5.74) is 5.72. The maximum Gasteiger partial charge on any atom is 0.273 e. The average molecular weight is 461 g/mol. The summed E-state index contributed by atoms with van der Waals surface area (Å²) in [5, 5.41) is 3.01. The second-order valence-electron chi connectivity index (χ2n) is 8.82. The SMILES string of the molecule is Cc1ccc(NC(=O)c2ccnc(C3COC3)c2)cc1-c1cc(N2CCOCC2)c(=O)n(C)c1. The Hall–Kier alpha value is -3.49. The Morgan fingerprint density at radius 1 is 1.09 bits per heavy atom. The van der Waals surface area contributed by atoms with Crippen molar-refractivity contribution in [3.63, 3.8) is 0 Å². The highest BCUT2D eigenvalue weighted by atomic mass is 16.5. The van der Waals surface area contributed by atoms with Crippen molar-refractivity contribution in [3.8, 4) is 11.1 Å². The molecule has 3 aromatic rings. The molecule has 2 aliphatic heterocycles. The third-order valence-electron chi connectivity index (χ3n) is 6.42. The van der Waals surface area contributed by atoms with Crippen molar-refractivity contribution in [2.45, 2.75) is 12.8 Å². The summed E-state index contributed by atoms with van der Waals surface area (Å²) in [6.07, 6.45) is 3.51. The Bertz CT molecular complexity index is 1280. The van der Waals surface area contributed by atoms with Crippen LogP contribution in [0.1, 0.15) is 27.5 Å². The van der Waals surface area contributed by atoms with Gasteiger partial charge in [-0.25, -0.2) is 0 Å². The van der Waals surface area contributed by atoms with Crippen molar-refractivity contribution in [2.24, 2.45) is 7.05 Å². The van der Waals surface area contributed by atoms with Crippen LogP contribution in [-0.4, -0.2) is 55.0 Å². The molecule has 0 unspecified atom stereocenters. The van der Waals surface area contributed by atoms with Crippen LogP contribution in [-0.2, 0) is 16.5 Å². The Balaban J connectivity index is 1.42. The number of morpholine rings is 1. The van der Waals surface area contributed by atoms with Crippen LogP contribution in [0.15, 0.2) is 53.6 Å². The number of aromatic nitrogens is 2. The van der Waals surface area contributed by atoms with Crippen LogP contribution in [0.2, 0.25) is 0 Å². The maximum atomic E-state index is 13.0. The summed E-state index contributed by atoms with van der Waals surface area (Å²) in [6.45, 7) is 5.91. The van der Waals surface area contributed by atoms with Gasteiger partial charge in [-0.3, -0.25) is 14.6 Å². The molecule has 2 saturated heterocycles. The summed E-state index contributed by atoms with van der Waals surface area (Å²) in [4.78, 5) is 32.2. The first-order valence-electron chi connectivity index (χ1n) is 11.5. The summed E-state index contributed by atoms with van der Waals surface area (Å²) in [6, 6.07) is 11.3. The van der Waals surface area contributed by atoms with Crippen LogP contribution in [0.3, 0.4) is 0 Å². The predicted octanol–water partition coefficient (Wildman–Crippen LogP) is 2.96. The van der Waals surface area contributed by atoms with Gasteiger partial charge in [-0.1, -0.05) is 6.07 Å². The molecule has 0 aliphatic carbocycles. The molecule has 2 aliphatic rings. The molecule has 8 nitrogen and oxygen atoms in total. The Morgan fingerprint density at radius 2 is 1.88 bits per heavy atom. The largest absolute Gasteiger partial charge is 0.380 e. The van der Waals surface area contributed by atoms with E-state index in [0.29, 0.717) is 56.5 Å². The van der Waals surface area contributed by atoms with Gasteiger partial charge in [0.05, 0.1) is 26.4 Å². The first-order valence-corrected chi connectivity index (χ1v) is 11.5. The number of amides is 1. The lowest BCUT2D eigenvalue weighted by molar-refractivity contribution is 0.00668.